The van der Waals surface area contributed by atoms with Crippen molar-refractivity contribution >= 4 is 15.9 Å². The normalized spacial score (nSPS) is 9.50. The summed E-state index contributed by atoms with van der Waals surface area (Å²) in [6, 6.07) is 1.82. The Balaban J connectivity index is 3.09. The van der Waals surface area contributed by atoms with Crippen molar-refractivity contribution in [3.63, 3.8) is 0 Å². The van der Waals surface area contributed by atoms with E-state index >= 15 is 0 Å². The zero-order valence-corrected chi connectivity index (χ0v) is 7.34. The van der Waals surface area contributed by atoms with Gasteiger partial charge in [-0.05, 0) is 22.9 Å². The van der Waals surface area contributed by atoms with E-state index in [4.69, 9.17) is 4.74 Å². The van der Waals surface area contributed by atoms with Gasteiger partial charge in [0.15, 0.2) is 10.4 Å². The minimum atomic E-state index is 0.639. The molecule has 0 N–H and O–H groups in total. The highest BCUT2D eigenvalue weighted by Crippen LogP contribution is 2.20. The van der Waals surface area contributed by atoms with Gasteiger partial charge in [-0.25, -0.2) is 0 Å². The second-order valence-corrected chi connectivity index (χ2v) is 2.60. The van der Waals surface area contributed by atoms with Crippen molar-refractivity contribution in [3.8, 4) is 5.75 Å². The van der Waals surface area contributed by atoms with Crippen LogP contribution in [0.5, 0.6) is 5.75 Å². The Morgan fingerprint density at radius 1 is 1.50 bits per heavy atom. The molecule has 3 nitrogen and oxygen atoms in total. The Bertz CT molecular complexity index is 239. The molecule has 0 unspecified atom stereocenters. The SMILES string of the molecule is COc1cc(C)nnc1Br. The summed E-state index contributed by atoms with van der Waals surface area (Å²) in [6.45, 7) is 1.86. The van der Waals surface area contributed by atoms with Gasteiger partial charge >= 0.3 is 0 Å². The molecule has 1 aromatic rings. The Morgan fingerprint density at radius 2 is 2.20 bits per heavy atom. The largest absolute Gasteiger partial charge is 0.494 e. The van der Waals surface area contributed by atoms with Crippen LogP contribution in [0.15, 0.2) is 10.7 Å². The monoisotopic (exact) mass is 202 g/mol. The number of hydrogen-bond acceptors (Lipinski definition) is 3. The van der Waals surface area contributed by atoms with Crippen molar-refractivity contribution < 1.29 is 4.74 Å². The third kappa shape index (κ3) is 1.44. The van der Waals surface area contributed by atoms with E-state index < -0.39 is 0 Å². The molecular formula is C6H7BrN2O. The standard InChI is InChI=1S/C6H7BrN2O/c1-4-3-5(10-2)6(7)9-8-4/h3H,1-2H3. The number of aryl methyl sites for hydroxylation is 1. The average molecular weight is 203 g/mol. The number of hydrogen-bond donors (Lipinski definition) is 0. The maximum Gasteiger partial charge on any atom is 0.170 e. The highest BCUT2D eigenvalue weighted by atomic mass is 79.9. The van der Waals surface area contributed by atoms with Crippen LogP contribution >= 0.6 is 15.9 Å². The average Bonchev–Trinajstić information content (AvgIpc) is 1.94. The molecule has 0 aliphatic heterocycles. The number of aromatic nitrogens is 2. The predicted octanol–water partition coefficient (Wildman–Crippen LogP) is 1.56. The molecule has 0 fully saturated rings. The van der Waals surface area contributed by atoms with Crippen LogP contribution in [0.1, 0.15) is 5.69 Å². The van der Waals surface area contributed by atoms with E-state index in [1.54, 1.807) is 7.11 Å². The maximum absolute atomic E-state index is 4.98. The molecule has 0 atom stereocenters. The molecule has 0 aliphatic carbocycles. The fraction of sp³-hybridized carbons (Fsp3) is 0.333. The summed E-state index contributed by atoms with van der Waals surface area (Å²) in [7, 11) is 1.60. The fourth-order valence-corrected chi connectivity index (χ4v) is 0.949. The van der Waals surface area contributed by atoms with Crippen LogP contribution in [-0.2, 0) is 0 Å². The van der Waals surface area contributed by atoms with E-state index in [0.29, 0.717) is 10.4 Å². The minimum absolute atomic E-state index is 0.639. The molecule has 4 heteroatoms. The van der Waals surface area contributed by atoms with Crippen LogP contribution in [-0.4, -0.2) is 17.3 Å². The molecule has 0 spiro atoms. The van der Waals surface area contributed by atoms with E-state index in [2.05, 4.69) is 26.1 Å². The molecule has 1 heterocycles. The molecule has 0 aromatic carbocycles. The molecule has 0 radical (unpaired) electrons. The van der Waals surface area contributed by atoms with Crippen molar-refractivity contribution in [1.82, 2.24) is 10.2 Å². The molecule has 0 bridgehead atoms. The number of nitrogens with zero attached hydrogens (tertiary/aromatic N) is 2. The minimum Gasteiger partial charge on any atom is -0.494 e. The number of rotatable bonds is 1. The lowest BCUT2D eigenvalue weighted by molar-refractivity contribution is 0.407. The van der Waals surface area contributed by atoms with E-state index in [0.717, 1.165) is 5.69 Å². The summed E-state index contributed by atoms with van der Waals surface area (Å²) in [5.41, 5.74) is 0.847. The van der Waals surface area contributed by atoms with E-state index in [9.17, 15) is 0 Å². The Morgan fingerprint density at radius 3 is 2.70 bits per heavy atom. The molecule has 0 saturated heterocycles. The van der Waals surface area contributed by atoms with Gasteiger partial charge in [0.25, 0.3) is 0 Å². The van der Waals surface area contributed by atoms with Crippen LogP contribution in [0.25, 0.3) is 0 Å². The number of methoxy groups -OCH3 is 1. The summed E-state index contributed by atoms with van der Waals surface area (Å²) in [4.78, 5) is 0. The van der Waals surface area contributed by atoms with E-state index in [-0.39, 0.29) is 0 Å². The van der Waals surface area contributed by atoms with Gasteiger partial charge in [-0.1, -0.05) is 0 Å². The second-order valence-electron chi connectivity index (χ2n) is 1.84. The van der Waals surface area contributed by atoms with E-state index in [1.807, 2.05) is 13.0 Å². The van der Waals surface area contributed by atoms with Gasteiger partial charge in [0.2, 0.25) is 0 Å². The quantitative estimate of drug-likeness (QED) is 0.694. The number of halogens is 1. The lowest BCUT2D eigenvalue weighted by Gasteiger charge is -2.00. The fourth-order valence-electron chi connectivity index (χ4n) is 0.593. The first-order valence-electron chi connectivity index (χ1n) is 2.78. The summed E-state index contributed by atoms with van der Waals surface area (Å²) in [5, 5.41) is 7.60. The van der Waals surface area contributed by atoms with Crippen molar-refractivity contribution in [1.29, 1.82) is 0 Å². The Labute approximate surface area is 67.6 Å². The van der Waals surface area contributed by atoms with Crippen LogP contribution < -0.4 is 4.74 Å². The van der Waals surface area contributed by atoms with Gasteiger partial charge in [-0.3, -0.25) is 0 Å². The molecule has 1 aromatic heterocycles. The summed E-state index contributed by atoms with van der Waals surface area (Å²) in [5.74, 6) is 0.715. The van der Waals surface area contributed by atoms with E-state index in [1.165, 1.54) is 0 Å². The first kappa shape index (κ1) is 7.47. The van der Waals surface area contributed by atoms with Crippen molar-refractivity contribution in [2.45, 2.75) is 6.92 Å². The third-order valence-corrected chi connectivity index (χ3v) is 1.61. The van der Waals surface area contributed by atoms with Gasteiger partial charge in [-0.2, -0.15) is 5.10 Å². The topological polar surface area (TPSA) is 35.0 Å². The molecule has 0 amide bonds. The van der Waals surface area contributed by atoms with Crippen LogP contribution in [0.3, 0.4) is 0 Å². The van der Waals surface area contributed by atoms with Crippen LogP contribution in [0.2, 0.25) is 0 Å². The third-order valence-electron chi connectivity index (χ3n) is 1.06. The van der Waals surface area contributed by atoms with Gasteiger partial charge < -0.3 is 4.74 Å². The summed E-state index contributed by atoms with van der Waals surface area (Å²) < 4.78 is 5.62. The molecule has 0 aliphatic rings. The van der Waals surface area contributed by atoms with Crippen molar-refractivity contribution in [3.05, 3.63) is 16.4 Å². The predicted molar refractivity (Wildman–Crippen MR) is 41.0 cm³/mol. The molecule has 54 valence electrons. The lowest BCUT2D eigenvalue weighted by Crippen LogP contribution is -1.91. The highest BCUT2D eigenvalue weighted by Gasteiger charge is 2.00. The summed E-state index contributed by atoms with van der Waals surface area (Å²) >= 11 is 3.19. The second kappa shape index (κ2) is 2.96. The van der Waals surface area contributed by atoms with Crippen LogP contribution in [0.4, 0.5) is 0 Å². The maximum atomic E-state index is 4.98. The zero-order valence-electron chi connectivity index (χ0n) is 5.76. The van der Waals surface area contributed by atoms with Crippen molar-refractivity contribution in [2.75, 3.05) is 7.11 Å². The molecule has 10 heavy (non-hydrogen) atoms. The lowest BCUT2D eigenvalue weighted by atomic mass is 10.4. The first-order valence-corrected chi connectivity index (χ1v) is 3.57. The van der Waals surface area contributed by atoms with Gasteiger partial charge in [0.05, 0.1) is 12.8 Å². The highest BCUT2D eigenvalue weighted by molar-refractivity contribution is 9.10. The zero-order chi connectivity index (χ0) is 7.56. The van der Waals surface area contributed by atoms with Crippen LogP contribution in [0, 0.1) is 6.92 Å². The van der Waals surface area contributed by atoms with Gasteiger partial charge in [0.1, 0.15) is 0 Å². The first-order chi connectivity index (χ1) is 4.74. The van der Waals surface area contributed by atoms with Gasteiger partial charge in [-0.15, -0.1) is 5.10 Å². The van der Waals surface area contributed by atoms with Crippen molar-refractivity contribution in [2.24, 2.45) is 0 Å². The Hall–Kier alpha value is -0.640. The summed E-state index contributed by atoms with van der Waals surface area (Å²) in [6.07, 6.45) is 0. The molecular weight excluding hydrogens is 196 g/mol. The Kier molecular flexibility index (Phi) is 2.21. The smallest absolute Gasteiger partial charge is 0.170 e. The molecule has 1 rings (SSSR count). The number of ether oxygens (including phenoxy) is 1. The molecule has 0 saturated carbocycles. The van der Waals surface area contributed by atoms with Gasteiger partial charge in [0, 0.05) is 6.07 Å².